The summed E-state index contributed by atoms with van der Waals surface area (Å²) < 4.78 is 40.2. The molecule has 0 spiro atoms. The lowest BCUT2D eigenvalue weighted by atomic mass is 10.1. The van der Waals surface area contributed by atoms with E-state index in [2.05, 4.69) is 4.98 Å². The first kappa shape index (κ1) is 13.9. The van der Waals surface area contributed by atoms with Gasteiger partial charge in [0, 0.05) is 6.04 Å². The van der Waals surface area contributed by atoms with Gasteiger partial charge in [-0.2, -0.15) is 13.2 Å². The molecule has 21 heavy (non-hydrogen) atoms. The summed E-state index contributed by atoms with van der Waals surface area (Å²) in [5.41, 5.74) is -2.57. The first-order valence-electron chi connectivity index (χ1n) is 6.74. The Hall–Kier alpha value is -2.05. The molecule has 0 bridgehead atoms. The van der Waals surface area contributed by atoms with Crippen LogP contribution in [0.4, 0.5) is 13.2 Å². The average molecular weight is 298 g/mol. The minimum absolute atomic E-state index is 0.0749. The Kier molecular flexibility index (Phi) is 3.15. The van der Waals surface area contributed by atoms with Crippen LogP contribution in [0.1, 0.15) is 37.3 Å². The number of aromatic nitrogens is 2. The monoisotopic (exact) mass is 298 g/mol. The molecule has 1 heterocycles. The molecule has 1 fully saturated rings. The van der Waals surface area contributed by atoms with Gasteiger partial charge in [0.05, 0.1) is 16.5 Å². The van der Waals surface area contributed by atoms with Gasteiger partial charge >= 0.3 is 11.9 Å². The topological polar surface area (TPSA) is 54.9 Å². The lowest BCUT2D eigenvalue weighted by Gasteiger charge is -2.15. The second-order valence-electron chi connectivity index (χ2n) is 5.27. The summed E-state index contributed by atoms with van der Waals surface area (Å²) in [5, 5.41) is -0.462. The Morgan fingerprint density at radius 1 is 1.14 bits per heavy atom. The molecule has 1 aromatic carbocycles. The number of fused-ring (bicyclic) bond motifs is 1. The first-order chi connectivity index (χ1) is 9.89. The third-order valence-electron chi connectivity index (χ3n) is 3.95. The number of hydrogen-bond donors (Lipinski definition) is 1. The van der Waals surface area contributed by atoms with E-state index in [-0.39, 0.29) is 11.6 Å². The van der Waals surface area contributed by atoms with Crippen molar-refractivity contribution in [3.63, 3.8) is 0 Å². The molecule has 0 aliphatic heterocycles. The van der Waals surface area contributed by atoms with E-state index in [9.17, 15) is 22.8 Å². The molecule has 0 radical (unpaired) electrons. The van der Waals surface area contributed by atoms with Crippen LogP contribution in [0.2, 0.25) is 0 Å². The maximum Gasteiger partial charge on any atom is 0.417 e. The number of benzene rings is 1. The van der Waals surface area contributed by atoms with Crippen LogP contribution in [-0.2, 0) is 6.18 Å². The van der Waals surface area contributed by atoms with E-state index in [1.54, 1.807) is 0 Å². The SMILES string of the molecule is O=c1[nH]c2cccc(C(F)(F)F)c2c(=O)n1C1CCCC1. The number of hydrogen-bond acceptors (Lipinski definition) is 2. The van der Waals surface area contributed by atoms with Crippen molar-refractivity contribution in [2.45, 2.75) is 37.9 Å². The van der Waals surface area contributed by atoms with Crippen molar-refractivity contribution < 1.29 is 13.2 Å². The molecule has 1 aliphatic rings. The highest BCUT2D eigenvalue weighted by molar-refractivity contribution is 5.81. The lowest BCUT2D eigenvalue weighted by molar-refractivity contribution is -0.136. The van der Waals surface area contributed by atoms with Crippen molar-refractivity contribution in [3.8, 4) is 0 Å². The van der Waals surface area contributed by atoms with Gasteiger partial charge in [-0.05, 0) is 25.0 Å². The van der Waals surface area contributed by atoms with E-state index in [0.717, 1.165) is 23.5 Å². The molecule has 4 nitrogen and oxygen atoms in total. The minimum Gasteiger partial charge on any atom is -0.307 e. The number of rotatable bonds is 1. The highest BCUT2D eigenvalue weighted by atomic mass is 19.4. The number of H-pyrrole nitrogens is 1. The summed E-state index contributed by atoms with van der Waals surface area (Å²) in [7, 11) is 0. The van der Waals surface area contributed by atoms with Crippen LogP contribution in [0.25, 0.3) is 10.9 Å². The molecule has 1 N–H and O–H groups in total. The highest BCUT2D eigenvalue weighted by Gasteiger charge is 2.34. The molecule has 7 heteroatoms. The molecule has 3 rings (SSSR count). The van der Waals surface area contributed by atoms with Gasteiger partial charge in [0.1, 0.15) is 0 Å². The van der Waals surface area contributed by atoms with E-state index in [4.69, 9.17) is 0 Å². The number of halogens is 3. The lowest BCUT2D eigenvalue weighted by Crippen LogP contribution is -2.38. The fraction of sp³-hybridized carbons (Fsp3) is 0.429. The molecule has 2 aromatic rings. The van der Waals surface area contributed by atoms with E-state index in [1.165, 1.54) is 12.1 Å². The molecular weight excluding hydrogens is 285 g/mol. The van der Waals surface area contributed by atoms with Crippen LogP contribution in [0.5, 0.6) is 0 Å². The molecule has 112 valence electrons. The fourth-order valence-electron chi connectivity index (χ4n) is 3.01. The number of alkyl halides is 3. The average Bonchev–Trinajstić information content (AvgIpc) is 2.90. The summed E-state index contributed by atoms with van der Waals surface area (Å²) in [4.78, 5) is 26.9. The van der Waals surface area contributed by atoms with Crippen LogP contribution in [0.15, 0.2) is 27.8 Å². The van der Waals surface area contributed by atoms with Crippen LogP contribution >= 0.6 is 0 Å². The van der Waals surface area contributed by atoms with Gasteiger partial charge in [-0.3, -0.25) is 9.36 Å². The van der Waals surface area contributed by atoms with E-state index >= 15 is 0 Å². The normalized spacial score (nSPS) is 16.7. The van der Waals surface area contributed by atoms with E-state index in [1.807, 2.05) is 0 Å². The predicted octanol–water partition coefficient (Wildman–Crippen LogP) is 2.82. The molecule has 0 amide bonds. The van der Waals surface area contributed by atoms with Gasteiger partial charge in [-0.25, -0.2) is 4.79 Å². The highest BCUT2D eigenvalue weighted by Crippen LogP contribution is 2.33. The summed E-state index contributed by atoms with van der Waals surface area (Å²) in [5.74, 6) is 0. The number of nitrogens with one attached hydrogen (secondary N) is 1. The van der Waals surface area contributed by atoms with E-state index in [0.29, 0.717) is 12.8 Å². The molecule has 0 saturated heterocycles. The Bertz CT molecular complexity index is 798. The van der Waals surface area contributed by atoms with Gasteiger partial charge in [-0.1, -0.05) is 18.9 Å². The van der Waals surface area contributed by atoms with Crippen molar-refractivity contribution in [1.29, 1.82) is 0 Å². The van der Waals surface area contributed by atoms with Crippen LogP contribution < -0.4 is 11.2 Å². The van der Waals surface area contributed by atoms with Crippen molar-refractivity contribution >= 4 is 10.9 Å². The second kappa shape index (κ2) is 4.75. The third kappa shape index (κ3) is 2.26. The summed E-state index contributed by atoms with van der Waals surface area (Å²) in [6, 6.07) is 3.04. The van der Waals surface area contributed by atoms with Gasteiger partial charge in [0.25, 0.3) is 5.56 Å². The fourth-order valence-corrected chi connectivity index (χ4v) is 3.01. The van der Waals surface area contributed by atoms with Gasteiger partial charge in [-0.15, -0.1) is 0 Å². The molecule has 0 unspecified atom stereocenters. The van der Waals surface area contributed by atoms with Crippen molar-refractivity contribution in [3.05, 3.63) is 44.6 Å². The summed E-state index contributed by atoms with van der Waals surface area (Å²) in [6.45, 7) is 0. The number of nitrogens with zero attached hydrogens (tertiary/aromatic N) is 1. The van der Waals surface area contributed by atoms with Gasteiger partial charge < -0.3 is 4.98 Å². The third-order valence-corrected chi connectivity index (χ3v) is 3.95. The van der Waals surface area contributed by atoms with Crippen molar-refractivity contribution in [1.82, 2.24) is 9.55 Å². The molecular formula is C14H13F3N2O2. The van der Waals surface area contributed by atoms with Gasteiger partial charge in [0.15, 0.2) is 0 Å². The largest absolute Gasteiger partial charge is 0.417 e. The first-order valence-corrected chi connectivity index (χ1v) is 6.74. The zero-order valence-corrected chi connectivity index (χ0v) is 11.0. The molecule has 1 aliphatic carbocycles. The Balaban J connectivity index is 2.37. The zero-order chi connectivity index (χ0) is 15.2. The standard InChI is InChI=1S/C14H13F3N2O2/c15-14(16,17)9-6-3-7-10-11(9)12(20)19(13(21)18-10)8-4-1-2-5-8/h3,6-8H,1-2,4-5H2,(H,18,21). The second-order valence-corrected chi connectivity index (χ2v) is 5.27. The minimum atomic E-state index is -4.63. The Morgan fingerprint density at radius 3 is 2.43 bits per heavy atom. The molecule has 1 aromatic heterocycles. The quantitative estimate of drug-likeness (QED) is 0.880. The molecule has 0 atom stereocenters. The van der Waals surface area contributed by atoms with Crippen molar-refractivity contribution in [2.75, 3.05) is 0 Å². The Morgan fingerprint density at radius 2 is 1.81 bits per heavy atom. The number of aromatic amines is 1. The zero-order valence-electron chi connectivity index (χ0n) is 11.0. The maximum atomic E-state index is 13.1. The van der Waals surface area contributed by atoms with Gasteiger partial charge in [0.2, 0.25) is 0 Å². The summed E-state index contributed by atoms with van der Waals surface area (Å²) in [6.07, 6.45) is -1.61. The predicted molar refractivity (Wildman–Crippen MR) is 71.3 cm³/mol. The van der Waals surface area contributed by atoms with Crippen molar-refractivity contribution in [2.24, 2.45) is 0 Å². The van der Waals surface area contributed by atoms with Crippen LogP contribution in [-0.4, -0.2) is 9.55 Å². The van der Waals surface area contributed by atoms with Crippen LogP contribution in [0, 0.1) is 0 Å². The maximum absolute atomic E-state index is 13.1. The van der Waals surface area contributed by atoms with E-state index < -0.39 is 28.4 Å². The Labute approximate surface area is 117 Å². The summed E-state index contributed by atoms with van der Waals surface area (Å²) >= 11 is 0. The van der Waals surface area contributed by atoms with Crippen LogP contribution in [0.3, 0.4) is 0 Å². The molecule has 1 saturated carbocycles. The smallest absolute Gasteiger partial charge is 0.307 e.